The molecule has 0 fully saturated rings. The van der Waals surface area contributed by atoms with Gasteiger partial charge in [-0.15, -0.1) is 11.3 Å². The summed E-state index contributed by atoms with van der Waals surface area (Å²) in [6.07, 6.45) is 1.69. The van der Waals surface area contributed by atoms with E-state index in [1.54, 1.807) is 11.3 Å². The molecule has 21 heavy (non-hydrogen) atoms. The number of benzene rings is 1. The molecule has 1 N–H and O–H groups in total. The highest BCUT2D eigenvalue weighted by molar-refractivity contribution is 7.09. The van der Waals surface area contributed by atoms with Crippen molar-refractivity contribution in [2.45, 2.75) is 19.8 Å². The van der Waals surface area contributed by atoms with Crippen LogP contribution in [-0.4, -0.2) is 21.7 Å². The van der Waals surface area contributed by atoms with Gasteiger partial charge in [0.1, 0.15) is 0 Å². The quantitative estimate of drug-likeness (QED) is 0.805. The van der Waals surface area contributed by atoms with E-state index in [2.05, 4.69) is 32.6 Å². The van der Waals surface area contributed by atoms with Crippen LogP contribution in [0, 0.1) is 6.92 Å². The molecular weight excluding hydrogens is 284 g/mol. The first kappa shape index (κ1) is 12.5. The van der Waals surface area contributed by atoms with Crippen molar-refractivity contribution in [3.8, 4) is 11.5 Å². The van der Waals surface area contributed by atoms with Gasteiger partial charge in [-0.1, -0.05) is 11.2 Å². The van der Waals surface area contributed by atoms with Gasteiger partial charge in [-0.3, -0.25) is 0 Å². The van der Waals surface area contributed by atoms with E-state index in [4.69, 9.17) is 4.52 Å². The minimum Gasteiger partial charge on any atom is -0.384 e. The van der Waals surface area contributed by atoms with Crippen molar-refractivity contribution >= 4 is 17.0 Å². The summed E-state index contributed by atoms with van der Waals surface area (Å²) < 4.78 is 5.38. The van der Waals surface area contributed by atoms with Crippen LogP contribution >= 0.6 is 11.3 Å². The van der Waals surface area contributed by atoms with Crippen LogP contribution in [0.5, 0.6) is 0 Å². The number of nitrogens with zero attached hydrogens (tertiary/aromatic N) is 3. The maximum Gasteiger partial charge on any atom is 0.258 e. The minimum atomic E-state index is 0.563. The van der Waals surface area contributed by atoms with Crippen molar-refractivity contribution in [3.63, 3.8) is 0 Å². The Labute approximate surface area is 126 Å². The van der Waals surface area contributed by atoms with Crippen LogP contribution in [-0.2, 0) is 12.8 Å². The number of anilines is 1. The SMILES string of the molecule is Cc1nc(Cc2noc(-c3ccc4c(c3)NCC4)n2)cs1. The number of fused-ring (bicyclic) bond motifs is 1. The monoisotopic (exact) mass is 298 g/mol. The highest BCUT2D eigenvalue weighted by Crippen LogP contribution is 2.28. The number of thiazole rings is 1. The van der Waals surface area contributed by atoms with E-state index in [9.17, 15) is 0 Å². The molecule has 6 heteroatoms. The number of rotatable bonds is 3. The predicted molar refractivity (Wildman–Crippen MR) is 81.6 cm³/mol. The first-order chi connectivity index (χ1) is 10.3. The molecule has 0 saturated heterocycles. The zero-order valence-electron chi connectivity index (χ0n) is 11.6. The van der Waals surface area contributed by atoms with Gasteiger partial charge < -0.3 is 9.84 Å². The second-order valence-corrected chi connectivity index (χ2v) is 6.16. The van der Waals surface area contributed by atoms with E-state index < -0.39 is 0 Å². The lowest BCUT2D eigenvalue weighted by molar-refractivity contribution is 0.423. The van der Waals surface area contributed by atoms with Crippen LogP contribution in [0.25, 0.3) is 11.5 Å². The van der Waals surface area contributed by atoms with Gasteiger partial charge in [-0.2, -0.15) is 4.98 Å². The van der Waals surface area contributed by atoms with Crippen molar-refractivity contribution in [2.24, 2.45) is 0 Å². The fourth-order valence-electron chi connectivity index (χ4n) is 2.52. The van der Waals surface area contributed by atoms with E-state index in [1.165, 1.54) is 11.3 Å². The number of hydrogen-bond acceptors (Lipinski definition) is 6. The molecule has 1 aromatic carbocycles. The molecule has 1 aliphatic rings. The van der Waals surface area contributed by atoms with E-state index in [1.807, 2.05) is 18.4 Å². The third-order valence-electron chi connectivity index (χ3n) is 3.54. The second kappa shape index (κ2) is 4.96. The molecule has 2 aromatic heterocycles. The van der Waals surface area contributed by atoms with Crippen LogP contribution < -0.4 is 5.32 Å². The zero-order valence-corrected chi connectivity index (χ0v) is 12.4. The molecule has 0 spiro atoms. The number of nitrogens with one attached hydrogen (secondary N) is 1. The fraction of sp³-hybridized carbons (Fsp3) is 0.267. The van der Waals surface area contributed by atoms with Crippen molar-refractivity contribution in [2.75, 3.05) is 11.9 Å². The second-order valence-electron chi connectivity index (χ2n) is 5.10. The fourth-order valence-corrected chi connectivity index (χ4v) is 3.13. The molecule has 0 radical (unpaired) electrons. The Morgan fingerprint density at radius 1 is 1.33 bits per heavy atom. The maximum atomic E-state index is 5.38. The number of aryl methyl sites for hydroxylation is 1. The lowest BCUT2D eigenvalue weighted by atomic mass is 10.1. The smallest absolute Gasteiger partial charge is 0.258 e. The average molecular weight is 298 g/mol. The molecule has 1 aliphatic heterocycles. The summed E-state index contributed by atoms with van der Waals surface area (Å²) in [6, 6.07) is 6.24. The Kier molecular flexibility index (Phi) is 2.96. The molecule has 3 aromatic rings. The van der Waals surface area contributed by atoms with Gasteiger partial charge in [0.05, 0.1) is 17.1 Å². The molecule has 0 atom stereocenters. The molecule has 4 rings (SSSR count). The highest BCUT2D eigenvalue weighted by Gasteiger charge is 2.15. The van der Waals surface area contributed by atoms with Gasteiger partial charge in [0.2, 0.25) is 0 Å². The lowest BCUT2D eigenvalue weighted by Gasteiger charge is -2.00. The van der Waals surface area contributed by atoms with E-state index >= 15 is 0 Å². The summed E-state index contributed by atoms with van der Waals surface area (Å²) in [6.45, 7) is 2.99. The van der Waals surface area contributed by atoms with Gasteiger partial charge in [0.25, 0.3) is 5.89 Å². The topological polar surface area (TPSA) is 63.8 Å². The maximum absolute atomic E-state index is 5.38. The predicted octanol–water partition coefficient (Wildman–Crippen LogP) is 3.06. The van der Waals surface area contributed by atoms with Gasteiger partial charge in [0, 0.05) is 23.2 Å². The molecule has 0 unspecified atom stereocenters. The van der Waals surface area contributed by atoms with Crippen LogP contribution in [0.2, 0.25) is 0 Å². The van der Waals surface area contributed by atoms with Gasteiger partial charge in [-0.25, -0.2) is 4.98 Å². The number of hydrogen-bond donors (Lipinski definition) is 1. The lowest BCUT2D eigenvalue weighted by Crippen LogP contribution is -1.92. The largest absolute Gasteiger partial charge is 0.384 e. The zero-order chi connectivity index (χ0) is 14.2. The Morgan fingerprint density at radius 2 is 2.29 bits per heavy atom. The standard InChI is InChI=1S/C15H14N4OS/c1-9-17-12(8-21-9)7-14-18-15(20-19-14)11-3-2-10-4-5-16-13(10)6-11/h2-3,6,8,16H,4-5,7H2,1H3. The van der Waals surface area contributed by atoms with Crippen molar-refractivity contribution in [3.05, 3.63) is 45.7 Å². The van der Waals surface area contributed by atoms with Crippen LogP contribution in [0.4, 0.5) is 5.69 Å². The van der Waals surface area contributed by atoms with Crippen LogP contribution in [0.1, 0.15) is 22.1 Å². The van der Waals surface area contributed by atoms with E-state index in [0.717, 1.165) is 29.2 Å². The van der Waals surface area contributed by atoms with Gasteiger partial charge in [0.15, 0.2) is 5.82 Å². The normalized spacial score (nSPS) is 13.2. The molecule has 3 heterocycles. The van der Waals surface area contributed by atoms with Crippen molar-refractivity contribution < 1.29 is 4.52 Å². The summed E-state index contributed by atoms with van der Waals surface area (Å²) in [5.74, 6) is 1.23. The first-order valence-electron chi connectivity index (χ1n) is 6.89. The molecular formula is C15H14N4OS. The summed E-state index contributed by atoms with van der Waals surface area (Å²) in [4.78, 5) is 8.89. The molecule has 5 nitrogen and oxygen atoms in total. The molecule has 0 saturated carbocycles. The third kappa shape index (κ3) is 2.42. The molecule has 0 bridgehead atoms. The Morgan fingerprint density at radius 3 is 3.14 bits per heavy atom. The van der Waals surface area contributed by atoms with E-state index in [0.29, 0.717) is 18.1 Å². The average Bonchev–Trinajstić information content (AvgIpc) is 3.19. The summed E-state index contributed by atoms with van der Waals surface area (Å²) >= 11 is 1.63. The summed E-state index contributed by atoms with van der Waals surface area (Å²) in [5, 5.41) is 10.5. The van der Waals surface area contributed by atoms with E-state index in [-0.39, 0.29) is 0 Å². The Hall–Kier alpha value is -2.21. The first-order valence-corrected chi connectivity index (χ1v) is 7.77. The highest BCUT2D eigenvalue weighted by atomic mass is 32.1. The number of aromatic nitrogens is 3. The van der Waals surface area contributed by atoms with Crippen molar-refractivity contribution in [1.29, 1.82) is 0 Å². The molecule has 106 valence electrons. The van der Waals surface area contributed by atoms with Gasteiger partial charge in [-0.05, 0) is 31.0 Å². The van der Waals surface area contributed by atoms with Gasteiger partial charge >= 0.3 is 0 Å². The summed E-state index contributed by atoms with van der Waals surface area (Å²) in [7, 11) is 0. The minimum absolute atomic E-state index is 0.563. The Balaban J connectivity index is 1.59. The Bertz CT molecular complexity index is 793. The van der Waals surface area contributed by atoms with Crippen LogP contribution in [0.3, 0.4) is 0 Å². The van der Waals surface area contributed by atoms with Crippen LogP contribution in [0.15, 0.2) is 28.1 Å². The molecule has 0 amide bonds. The third-order valence-corrected chi connectivity index (χ3v) is 4.36. The summed E-state index contributed by atoms with van der Waals surface area (Å²) in [5.41, 5.74) is 4.45. The van der Waals surface area contributed by atoms with Crippen molar-refractivity contribution in [1.82, 2.24) is 15.1 Å². The molecule has 0 aliphatic carbocycles.